The van der Waals surface area contributed by atoms with Crippen LogP contribution in [-0.4, -0.2) is 23.0 Å². The van der Waals surface area contributed by atoms with Crippen LogP contribution >= 0.6 is 0 Å². The SMILES string of the molecule is Cc1ccc(C(=O)NNC(=O)C[C@H](C)O)cc1. The number of amides is 2. The average molecular weight is 236 g/mol. The normalized spacial score (nSPS) is 11.7. The van der Waals surface area contributed by atoms with Gasteiger partial charge in [0.15, 0.2) is 0 Å². The van der Waals surface area contributed by atoms with Crippen LogP contribution in [0.4, 0.5) is 0 Å². The highest BCUT2D eigenvalue weighted by Crippen LogP contribution is 2.02. The van der Waals surface area contributed by atoms with Gasteiger partial charge in [-0.3, -0.25) is 20.4 Å². The van der Waals surface area contributed by atoms with Gasteiger partial charge in [0.2, 0.25) is 5.91 Å². The number of hydrogen-bond acceptors (Lipinski definition) is 3. The number of hydrazine groups is 1. The van der Waals surface area contributed by atoms with Gasteiger partial charge in [-0.05, 0) is 26.0 Å². The Hall–Kier alpha value is -1.88. The predicted molar refractivity (Wildman–Crippen MR) is 63.1 cm³/mol. The summed E-state index contributed by atoms with van der Waals surface area (Å²) in [6.07, 6.45) is -0.778. The van der Waals surface area contributed by atoms with Gasteiger partial charge >= 0.3 is 0 Å². The number of carbonyl (C=O) groups excluding carboxylic acids is 2. The molecule has 92 valence electrons. The summed E-state index contributed by atoms with van der Waals surface area (Å²) in [6.45, 7) is 3.42. The summed E-state index contributed by atoms with van der Waals surface area (Å²) in [5, 5.41) is 8.96. The average Bonchev–Trinajstić information content (AvgIpc) is 2.26. The lowest BCUT2D eigenvalue weighted by atomic mass is 10.1. The van der Waals surface area contributed by atoms with Crippen LogP contribution in [0.3, 0.4) is 0 Å². The zero-order valence-corrected chi connectivity index (χ0v) is 9.86. The molecular weight excluding hydrogens is 220 g/mol. The van der Waals surface area contributed by atoms with E-state index in [2.05, 4.69) is 10.9 Å². The maximum absolute atomic E-state index is 11.6. The summed E-state index contributed by atoms with van der Waals surface area (Å²) in [7, 11) is 0. The van der Waals surface area contributed by atoms with E-state index in [0.717, 1.165) is 5.56 Å². The number of aliphatic hydroxyl groups is 1. The number of aryl methyl sites for hydroxylation is 1. The lowest BCUT2D eigenvalue weighted by Gasteiger charge is -2.08. The third kappa shape index (κ3) is 4.65. The summed E-state index contributed by atoms with van der Waals surface area (Å²) in [6, 6.07) is 6.97. The van der Waals surface area contributed by atoms with Crippen LogP contribution in [-0.2, 0) is 4.79 Å². The van der Waals surface area contributed by atoms with Gasteiger partial charge in [0.25, 0.3) is 5.91 Å². The Labute approximate surface area is 99.8 Å². The Morgan fingerprint density at radius 1 is 1.24 bits per heavy atom. The molecule has 3 N–H and O–H groups in total. The van der Waals surface area contributed by atoms with Crippen molar-refractivity contribution in [3.8, 4) is 0 Å². The van der Waals surface area contributed by atoms with Gasteiger partial charge in [0, 0.05) is 5.56 Å². The molecule has 1 aromatic rings. The fourth-order valence-electron chi connectivity index (χ4n) is 1.22. The van der Waals surface area contributed by atoms with E-state index >= 15 is 0 Å². The second-order valence-corrected chi connectivity index (χ2v) is 3.92. The first-order chi connectivity index (χ1) is 7.99. The predicted octanol–water partition coefficient (Wildman–Crippen LogP) is 0.527. The Morgan fingerprint density at radius 2 is 1.82 bits per heavy atom. The maximum atomic E-state index is 11.6. The molecule has 0 saturated carbocycles. The summed E-state index contributed by atoms with van der Waals surface area (Å²) in [5.74, 6) is -0.815. The Bertz CT molecular complexity index is 399. The molecule has 17 heavy (non-hydrogen) atoms. The third-order valence-electron chi connectivity index (χ3n) is 2.11. The maximum Gasteiger partial charge on any atom is 0.269 e. The van der Waals surface area contributed by atoms with Gasteiger partial charge in [-0.2, -0.15) is 0 Å². The molecule has 1 rings (SSSR count). The molecule has 5 heteroatoms. The number of aliphatic hydroxyl groups excluding tert-OH is 1. The topological polar surface area (TPSA) is 78.4 Å². The molecule has 0 bridgehead atoms. The zero-order chi connectivity index (χ0) is 12.8. The molecular formula is C12H16N2O3. The highest BCUT2D eigenvalue weighted by molar-refractivity contribution is 5.95. The van der Waals surface area contributed by atoms with E-state index in [1.807, 2.05) is 19.1 Å². The quantitative estimate of drug-likeness (QED) is 0.670. The van der Waals surface area contributed by atoms with Gasteiger partial charge in [-0.25, -0.2) is 0 Å². The molecule has 0 saturated heterocycles. The number of hydrogen-bond donors (Lipinski definition) is 3. The minimum absolute atomic E-state index is 0.0474. The molecule has 0 aliphatic rings. The van der Waals surface area contributed by atoms with E-state index in [1.54, 1.807) is 12.1 Å². The van der Waals surface area contributed by atoms with Crippen molar-refractivity contribution in [3.63, 3.8) is 0 Å². The van der Waals surface area contributed by atoms with E-state index in [-0.39, 0.29) is 12.3 Å². The molecule has 0 heterocycles. The summed E-state index contributed by atoms with van der Waals surface area (Å²) in [5.41, 5.74) is 6.02. The summed E-state index contributed by atoms with van der Waals surface area (Å²) >= 11 is 0. The minimum Gasteiger partial charge on any atom is -0.393 e. The minimum atomic E-state index is -0.730. The highest BCUT2D eigenvalue weighted by atomic mass is 16.3. The Balaban J connectivity index is 2.45. The van der Waals surface area contributed by atoms with Gasteiger partial charge in [-0.1, -0.05) is 17.7 Å². The van der Waals surface area contributed by atoms with Crippen LogP contribution in [0.2, 0.25) is 0 Å². The number of carbonyl (C=O) groups is 2. The fraction of sp³-hybridized carbons (Fsp3) is 0.333. The lowest BCUT2D eigenvalue weighted by molar-refractivity contribution is -0.123. The van der Waals surface area contributed by atoms with E-state index in [0.29, 0.717) is 5.56 Å². The Morgan fingerprint density at radius 3 is 2.35 bits per heavy atom. The van der Waals surface area contributed by atoms with Crippen LogP contribution in [0.15, 0.2) is 24.3 Å². The molecule has 0 aromatic heterocycles. The summed E-state index contributed by atoms with van der Waals surface area (Å²) < 4.78 is 0. The van der Waals surface area contributed by atoms with Gasteiger partial charge in [0.1, 0.15) is 0 Å². The van der Waals surface area contributed by atoms with Crippen molar-refractivity contribution in [2.24, 2.45) is 0 Å². The molecule has 0 radical (unpaired) electrons. The molecule has 2 amide bonds. The zero-order valence-electron chi connectivity index (χ0n) is 9.86. The Kier molecular flexibility index (Phi) is 4.66. The molecule has 0 spiro atoms. The van der Waals surface area contributed by atoms with Crippen molar-refractivity contribution in [2.45, 2.75) is 26.4 Å². The van der Waals surface area contributed by atoms with Crippen molar-refractivity contribution < 1.29 is 14.7 Å². The monoisotopic (exact) mass is 236 g/mol. The fourth-order valence-corrected chi connectivity index (χ4v) is 1.22. The molecule has 0 aliphatic heterocycles. The standard InChI is InChI=1S/C12H16N2O3/c1-8-3-5-10(6-4-8)12(17)14-13-11(16)7-9(2)15/h3-6,9,15H,7H2,1-2H3,(H,13,16)(H,14,17)/t9-/m0/s1. The molecule has 1 atom stereocenters. The molecule has 5 nitrogen and oxygen atoms in total. The number of rotatable bonds is 3. The van der Waals surface area contributed by atoms with E-state index in [4.69, 9.17) is 5.11 Å². The second-order valence-electron chi connectivity index (χ2n) is 3.92. The lowest BCUT2D eigenvalue weighted by Crippen LogP contribution is -2.42. The first-order valence-corrected chi connectivity index (χ1v) is 5.33. The summed E-state index contributed by atoms with van der Waals surface area (Å²) in [4.78, 5) is 22.7. The van der Waals surface area contributed by atoms with Crippen LogP contribution < -0.4 is 10.9 Å². The van der Waals surface area contributed by atoms with Crippen LogP contribution in [0.1, 0.15) is 29.3 Å². The molecule has 0 aliphatic carbocycles. The second kappa shape index (κ2) is 6.00. The first-order valence-electron chi connectivity index (χ1n) is 5.33. The van der Waals surface area contributed by atoms with Gasteiger partial charge in [-0.15, -0.1) is 0 Å². The largest absolute Gasteiger partial charge is 0.393 e. The van der Waals surface area contributed by atoms with E-state index in [9.17, 15) is 9.59 Å². The van der Waals surface area contributed by atoms with Crippen LogP contribution in [0, 0.1) is 6.92 Å². The van der Waals surface area contributed by atoms with Crippen LogP contribution in [0.5, 0.6) is 0 Å². The molecule has 1 aromatic carbocycles. The highest BCUT2D eigenvalue weighted by Gasteiger charge is 2.08. The van der Waals surface area contributed by atoms with Crippen molar-refractivity contribution in [2.75, 3.05) is 0 Å². The van der Waals surface area contributed by atoms with E-state index in [1.165, 1.54) is 6.92 Å². The van der Waals surface area contributed by atoms with Crippen LogP contribution in [0.25, 0.3) is 0 Å². The van der Waals surface area contributed by atoms with Gasteiger partial charge in [0.05, 0.1) is 12.5 Å². The van der Waals surface area contributed by atoms with E-state index < -0.39 is 12.0 Å². The number of benzene rings is 1. The molecule has 0 fully saturated rings. The number of nitrogens with one attached hydrogen (secondary N) is 2. The van der Waals surface area contributed by atoms with Crippen molar-refractivity contribution in [3.05, 3.63) is 35.4 Å². The van der Waals surface area contributed by atoms with Crippen molar-refractivity contribution in [1.82, 2.24) is 10.9 Å². The smallest absolute Gasteiger partial charge is 0.269 e. The first kappa shape index (κ1) is 13.2. The van der Waals surface area contributed by atoms with Crippen molar-refractivity contribution in [1.29, 1.82) is 0 Å². The van der Waals surface area contributed by atoms with Gasteiger partial charge < -0.3 is 5.11 Å². The molecule has 0 unspecified atom stereocenters. The third-order valence-corrected chi connectivity index (χ3v) is 2.11. The van der Waals surface area contributed by atoms with Crippen molar-refractivity contribution >= 4 is 11.8 Å².